The summed E-state index contributed by atoms with van der Waals surface area (Å²) in [4.78, 5) is 24.4. The van der Waals surface area contributed by atoms with E-state index in [1.165, 1.54) is 12.1 Å². The summed E-state index contributed by atoms with van der Waals surface area (Å²) in [6.07, 6.45) is 0. The number of ether oxygens (including phenoxy) is 1. The van der Waals surface area contributed by atoms with Crippen LogP contribution in [0.3, 0.4) is 0 Å². The fraction of sp³-hybridized carbons (Fsp3) is 0.217. The Morgan fingerprint density at radius 2 is 1.69 bits per heavy atom. The summed E-state index contributed by atoms with van der Waals surface area (Å²) in [5.41, 5.74) is 4.08. The van der Waals surface area contributed by atoms with Crippen LogP contribution in [-0.2, 0) is 22.6 Å². The van der Waals surface area contributed by atoms with Gasteiger partial charge in [-0.05, 0) is 43.2 Å². The van der Waals surface area contributed by atoms with Crippen molar-refractivity contribution in [3.05, 3.63) is 94.6 Å². The molecule has 0 saturated heterocycles. The lowest BCUT2D eigenvalue weighted by atomic mass is 10.2. The monoisotopic (exact) mass is 394 g/mol. The Kier molecular flexibility index (Phi) is 6.44. The number of nitrogens with zero attached hydrogens (tertiary/aromatic N) is 1. The van der Waals surface area contributed by atoms with E-state index in [2.05, 4.69) is 5.32 Å². The minimum absolute atomic E-state index is 0.238. The molecule has 0 atom stereocenters. The predicted octanol–water partition coefficient (Wildman–Crippen LogP) is 3.77. The Morgan fingerprint density at radius 1 is 1.00 bits per heavy atom. The average Bonchev–Trinajstić information content (AvgIpc) is 3.00. The van der Waals surface area contributed by atoms with E-state index in [-0.39, 0.29) is 19.0 Å². The second-order valence-electron chi connectivity index (χ2n) is 6.84. The van der Waals surface area contributed by atoms with Crippen molar-refractivity contribution in [1.82, 2.24) is 9.88 Å². The number of halogens is 1. The van der Waals surface area contributed by atoms with Crippen molar-refractivity contribution in [2.75, 3.05) is 6.61 Å². The van der Waals surface area contributed by atoms with Crippen molar-refractivity contribution in [2.45, 2.75) is 26.9 Å². The molecular weight excluding hydrogens is 371 g/mol. The SMILES string of the molecule is Cc1cc(C(=O)OCC(=O)NCc2ccc(F)cc2)c(C)n1Cc1ccccc1. The Morgan fingerprint density at radius 3 is 2.38 bits per heavy atom. The number of carbonyl (C=O) groups excluding carboxylic acids is 2. The lowest BCUT2D eigenvalue weighted by Crippen LogP contribution is -2.28. The molecule has 0 radical (unpaired) electrons. The molecule has 150 valence electrons. The molecule has 0 unspecified atom stereocenters. The second kappa shape index (κ2) is 9.19. The molecule has 0 aliphatic rings. The molecule has 2 aromatic carbocycles. The molecule has 5 nitrogen and oxygen atoms in total. The maximum absolute atomic E-state index is 12.9. The molecule has 0 aliphatic carbocycles. The third-order valence-corrected chi connectivity index (χ3v) is 4.71. The molecule has 0 spiro atoms. The predicted molar refractivity (Wildman–Crippen MR) is 108 cm³/mol. The molecule has 1 aromatic heterocycles. The number of carbonyl (C=O) groups is 2. The van der Waals surface area contributed by atoms with Gasteiger partial charge < -0.3 is 14.6 Å². The first-order valence-corrected chi connectivity index (χ1v) is 9.33. The van der Waals surface area contributed by atoms with Crippen LogP contribution in [0.4, 0.5) is 4.39 Å². The van der Waals surface area contributed by atoms with Gasteiger partial charge >= 0.3 is 5.97 Å². The molecule has 0 saturated carbocycles. The van der Waals surface area contributed by atoms with E-state index in [0.29, 0.717) is 12.1 Å². The van der Waals surface area contributed by atoms with Gasteiger partial charge in [-0.1, -0.05) is 42.5 Å². The highest BCUT2D eigenvalue weighted by molar-refractivity contribution is 5.92. The van der Waals surface area contributed by atoms with Crippen LogP contribution in [-0.4, -0.2) is 23.1 Å². The summed E-state index contributed by atoms with van der Waals surface area (Å²) in [7, 11) is 0. The number of nitrogens with one attached hydrogen (secondary N) is 1. The highest BCUT2D eigenvalue weighted by atomic mass is 19.1. The summed E-state index contributed by atoms with van der Waals surface area (Å²) in [5, 5.41) is 2.65. The second-order valence-corrected chi connectivity index (χ2v) is 6.84. The van der Waals surface area contributed by atoms with Crippen molar-refractivity contribution >= 4 is 11.9 Å². The third kappa shape index (κ3) is 5.31. The van der Waals surface area contributed by atoms with E-state index >= 15 is 0 Å². The summed E-state index contributed by atoms with van der Waals surface area (Å²) < 4.78 is 20.1. The number of aryl methyl sites for hydroxylation is 1. The first-order chi connectivity index (χ1) is 13.9. The Bertz CT molecular complexity index is 995. The summed E-state index contributed by atoms with van der Waals surface area (Å²) in [6.45, 7) is 4.32. The van der Waals surface area contributed by atoms with Crippen LogP contribution in [0, 0.1) is 19.7 Å². The van der Waals surface area contributed by atoms with E-state index in [4.69, 9.17) is 4.74 Å². The molecule has 29 heavy (non-hydrogen) atoms. The topological polar surface area (TPSA) is 60.3 Å². The number of amides is 1. The standard InChI is InChI=1S/C23H23FN2O3/c1-16-12-21(17(2)26(16)14-19-6-4-3-5-7-19)23(28)29-15-22(27)25-13-18-8-10-20(24)11-9-18/h3-12H,13-15H2,1-2H3,(H,25,27). The van der Waals surface area contributed by atoms with Crippen molar-refractivity contribution in [3.8, 4) is 0 Å². The maximum Gasteiger partial charge on any atom is 0.340 e. The van der Waals surface area contributed by atoms with Crippen LogP contribution in [0.15, 0.2) is 60.7 Å². The number of benzene rings is 2. The molecule has 0 aliphatic heterocycles. The molecular formula is C23H23FN2O3. The number of hydrogen-bond donors (Lipinski definition) is 1. The Hall–Kier alpha value is -3.41. The molecule has 1 amide bonds. The minimum Gasteiger partial charge on any atom is -0.452 e. The van der Waals surface area contributed by atoms with Gasteiger partial charge in [0.15, 0.2) is 6.61 Å². The zero-order valence-electron chi connectivity index (χ0n) is 16.4. The van der Waals surface area contributed by atoms with Crippen LogP contribution >= 0.6 is 0 Å². The molecule has 3 rings (SSSR count). The third-order valence-electron chi connectivity index (χ3n) is 4.71. The molecule has 0 fully saturated rings. The molecule has 3 aromatic rings. The Labute approximate surface area is 169 Å². The lowest BCUT2D eigenvalue weighted by molar-refractivity contribution is -0.124. The maximum atomic E-state index is 12.9. The van der Waals surface area contributed by atoms with E-state index in [9.17, 15) is 14.0 Å². The van der Waals surface area contributed by atoms with E-state index in [1.54, 1.807) is 18.2 Å². The molecule has 1 heterocycles. The number of aromatic nitrogens is 1. The van der Waals surface area contributed by atoms with Gasteiger partial charge in [0.25, 0.3) is 5.91 Å². The fourth-order valence-electron chi connectivity index (χ4n) is 3.08. The number of esters is 1. The lowest BCUT2D eigenvalue weighted by Gasteiger charge is -2.10. The Balaban J connectivity index is 1.55. The zero-order valence-corrected chi connectivity index (χ0v) is 16.4. The van der Waals surface area contributed by atoms with Crippen LogP contribution in [0.1, 0.15) is 32.9 Å². The van der Waals surface area contributed by atoms with Gasteiger partial charge in [0, 0.05) is 24.5 Å². The van der Waals surface area contributed by atoms with Crippen molar-refractivity contribution in [2.24, 2.45) is 0 Å². The number of hydrogen-bond acceptors (Lipinski definition) is 3. The van der Waals surface area contributed by atoms with Crippen molar-refractivity contribution < 1.29 is 18.7 Å². The summed E-state index contributed by atoms with van der Waals surface area (Å²) in [5.74, 6) is -1.28. The highest BCUT2D eigenvalue weighted by Crippen LogP contribution is 2.18. The van der Waals surface area contributed by atoms with Gasteiger partial charge in [-0.2, -0.15) is 0 Å². The molecule has 0 bridgehead atoms. The average molecular weight is 394 g/mol. The minimum atomic E-state index is -0.533. The van der Waals surface area contributed by atoms with E-state index in [1.807, 2.05) is 48.7 Å². The van der Waals surface area contributed by atoms with Crippen LogP contribution < -0.4 is 5.32 Å². The largest absolute Gasteiger partial charge is 0.452 e. The van der Waals surface area contributed by atoms with Crippen molar-refractivity contribution in [3.63, 3.8) is 0 Å². The van der Waals surface area contributed by atoms with Gasteiger partial charge in [-0.3, -0.25) is 4.79 Å². The fourth-order valence-corrected chi connectivity index (χ4v) is 3.08. The summed E-state index contributed by atoms with van der Waals surface area (Å²) in [6, 6.07) is 17.6. The first-order valence-electron chi connectivity index (χ1n) is 9.33. The molecule has 1 N–H and O–H groups in total. The zero-order chi connectivity index (χ0) is 20.8. The first kappa shape index (κ1) is 20.3. The van der Waals surface area contributed by atoms with E-state index < -0.39 is 11.9 Å². The quantitative estimate of drug-likeness (QED) is 0.621. The number of rotatable bonds is 7. The van der Waals surface area contributed by atoms with Crippen LogP contribution in [0.25, 0.3) is 0 Å². The van der Waals surface area contributed by atoms with Gasteiger partial charge in [-0.15, -0.1) is 0 Å². The van der Waals surface area contributed by atoms with Gasteiger partial charge in [0.2, 0.25) is 0 Å². The summed E-state index contributed by atoms with van der Waals surface area (Å²) >= 11 is 0. The smallest absolute Gasteiger partial charge is 0.340 e. The molecule has 6 heteroatoms. The normalized spacial score (nSPS) is 10.6. The highest BCUT2D eigenvalue weighted by Gasteiger charge is 2.18. The van der Waals surface area contributed by atoms with E-state index in [0.717, 1.165) is 22.5 Å². The van der Waals surface area contributed by atoms with Gasteiger partial charge in [0.05, 0.1) is 5.56 Å². The van der Waals surface area contributed by atoms with Crippen LogP contribution in [0.5, 0.6) is 0 Å². The van der Waals surface area contributed by atoms with Crippen molar-refractivity contribution in [1.29, 1.82) is 0 Å². The van der Waals surface area contributed by atoms with Gasteiger partial charge in [-0.25, -0.2) is 9.18 Å². The van der Waals surface area contributed by atoms with Crippen LogP contribution in [0.2, 0.25) is 0 Å². The van der Waals surface area contributed by atoms with Gasteiger partial charge in [0.1, 0.15) is 5.82 Å².